The van der Waals surface area contributed by atoms with Crippen molar-refractivity contribution in [2.45, 2.75) is 41.2 Å². The number of aromatic nitrogens is 2. The second-order valence-electron chi connectivity index (χ2n) is 8.33. The largest absolute Gasteiger partial charge is 0.497 e. The lowest BCUT2D eigenvalue weighted by Gasteiger charge is -2.20. The molecule has 0 N–H and O–H groups in total. The quantitative estimate of drug-likeness (QED) is 0.399. The van der Waals surface area contributed by atoms with E-state index >= 15 is 0 Å². The summed E-state index contributed by atoms with van der Waals surface area (Å²) in [4.78, 5) is 58.1. The van der Waals surface area contributed by atoms with Crippen LogP contribution in [0.4, 0.5) is 0 Å². The number of hydrogen-bond acceptors (Lipinski definition) is 7. The van der Waals surface area contributed by atoms with Crippen LogP contribution in [0, 0.1) is 6.92 Å². The molecule has 2 aromatic heterocycles. The maximum atomic E-state index is 13.9. The summed E-state index contributed by atoms with van der Waals surface area (Å²) in [6, 6.07) is 4.76. The van der Waals surface area contributed by atoms with Gasteiger partial charge in [-0.25, -0.2) is 9.36 Å². The van der Waals surface area contributed by atoms with E-state index in [4.69, 9.17) is 9.47 Å². The Balaban J connectivity index is 2.42. The van der Waals surface area contributed by atoms with Gasteiger partial charge in [0, 0.05) is 32.2 Å². The number of likely N-dealkylation sites (N-methyl/N-ethyl adjacent to an activating group) is 1. The minimum Gasteiger partial charge on any atom is -0.497 e. The van der Waals surface area contributed by atoms with Gasteiger partial charge >= 0.3 is 5.69 Å². The Labute approximate surface area is 219 Å². The van der Waals surface area contributed by atoms with Crippen LogP contribution in [0.5, 0.6) is 11.5 Å². The SMILES string of the molecule is CCN(CC)C(=O)Cn1c(=O)n(-c2ccc(OC)cc2OC)c(=O)c2c(C)c(C(=O)N(CC)CC)sc21. The first-order valence-corrected chi connectivity index (χ1v) is 13.1. The number of rotatable bonds is 10. The highest BCUT2D eigenvalue weighted by Gasteiger charge is 2.27. The molecule has 0 aliphatic heterocycles. The average Bonchev–Trinajstić information content (AvgIpc) is 3.25. The highest BCUT2D eigenvalue weighted by atomic mass is 32.1. The van der Waals surface area contributed by atoms with Gasteiger partial charge in [0.2, 0.25) is 5.91 Å². The van der Waals surface area contributed by atoms with Crippen molar-refractivity contribution in [3.05, 3.63) is 49.5 Å². The number of hydrogen-bond donors (Lipinski definition) is 0. The van der Waals surface area contributed by atoms with E-state index in [2.05, 4.69) is 0 Å². The molecular weight excluding hydrogens is 496 g/mol. The van der Waals surface area contributed by atoms with E-state index in [-0.39, 0.29) is 35.2 Å². The summed E-state index contributed by atoms with van der Waals surface area (Å²) < 4.78 is 13.0. The van der Waals surface area contributed by atoms with Gasteiger partial charge in [0.25, 0.3) is 11.5 Å². The molecule has 0 aliphatic rings. The van der Waals surface area contributed by atoms with Gasteiger partial charge in [0.05, 0.1) is 30.2 Å². The van der Waals surface area contributed by atoms with Crippen LogP contribution in [0.15, 0.2) is 27.8 Å². The van der Waals surface area contributed by atoms with E-state index in [1.54, 1.807) is 34.9 Å². The molecule has 0 radical (unpaired) electrons. The molecule has 0 saturated carbocycles. The standard InChI is InChI=1S/C26H34N4O6S/c1-8-27(9-2)20(31)15-29-25-21(16(5)22(37-25)24(33)28(10-3)11-4)23(32)30(26(29)34)18-13-12-17(35-6)14-19(18)36-7/h12-14H,8-11,15H2,1-7H3. The zero-order chi connectivity index (χ0) is 27.4. The fourth-order valence-electron chi connectivity index (χ4n) is 4.34. The number of fused-ring (bicyclic) bond motifs is 1. The summed E-state index contributed by atoms with van der Waals surface area (Å²) in [5.41, 5.74) is -0.578. The Morgan fingerprint density at radius 2 is 1.57 bits per heavy atom. The van der Waals surface area contributed by atoms with Crippen molar-refractivity contribution >= 4 is 33.4 Å². The van der Waals surface area contributed by atoms with Crippen LogP contribution < -0.4 is 20.7 Å². The molecule has 37 heavy (non-hydrogen) atoms. The molecule has 2 amide bonds. The Morgan fingerprint density at radius 3 is 2.11 bits per heavy atom. The summed E-state index contributed by atoms with van der Waals surface area (Å²) in [7, 11) is 2.93. The number of thiophene rings is 1. The van der Waals surface area contributed by atoms with Crippen LogP contribution in [0.1, 0.15) is 42.9 Å². The molecule has 0 spiro atoms. The molecule has 2 heterocycles. The molecule has 0 bridgehead atoms. The number of carbonyl (C=O) groups is 2. The van der Waals surface area contributed by atoms with Crippen LogP contribution in [0.2, 0.25) is 0 Å². The van der Waals surface area contributed by atoms with Crippen molar-refractivity contribution in [2.75, 3.05) is 40.4 Å². The first kappa shape index (κ1) is 28.0. The Hall–Kier alpha value is -3.60. The molecule has 3 rings (SSSR count). The van der Waals surface area contributed by atoms with Crippen LogP contribution >= 0.6 is 11.3 Å². The van der Waals surface area contributed by atoms with E-state index < -0.39 is 11.2 Å². The van der Waals surface area contributed by atoms with Crippen LogP contribution in [0.3, 0.4) is 0 Å². The topological polar surface area (TPSA) is 103 Å². The molecule has 0 aliphatic carbocycles. The zero-order valence-corrected chi connectivity index (χ0v) is 23.2. The van der Waals surface area contributed by atoms with Gasteiger partial charge in [-0.15, -0.1) is 11.3 Å². The predicted octanol–water partition coefficient (Wildman–Crippen LogP) is 2.89. The van der Waals surface area contributed by atoms with Crippen molar-refractivity contribution in [1.29, 1.82) is 0 Å². The number of methoxy groups -OCH3 is 2. The molecule has 3 aromatic rings. The molecule has 200 valence electrons. The number of ether oxygens (including phenoxy) is 2. The van der Waals surface area contributed by atoms with Crippen LogP contribution in [0.25, 0.3) is 15.9 Å². The lowest BCUT2D eigenvalue weighted by Crippen LogP contribution is -2.42. The van der Waals surface area contributed by atoms with Gasteiger partial charge in [-0.1, -0.05) is 0 Å². The lowest BCUT2D eigenvalue weighted by molar-refractivity contribution is -0.131. The second-order valence-corrected chi connectivity index (χ2v) is 9.33. The molecule has 0 unspecified atom stereocenters. The van der Waals surface area contributed by atoms with Crippen molar-refractivity contribution in [3.8, 4) is 17.2 Å². The minimum absolute atomic E-state index is 0.214. The normalized spacial score (nSPS) is 11.0. The molecule has 0 saturated heterocycles. The average molecular weight is 531 g/mol. The van der Waals surface area contributed by atoms with Gasteiger partial charge in [0.1, 0.15) is 22.9 Å². The monoisotopic (exact) mass is 530 g/mol. The highest BCUT2D eigenvalue weighted by molar-refractivity contribution is 7.20. The maximum Gasteiger partial charge on any atom is 0.337 e. The third-order valence-electron chi connectivity index (χ3n) is 6.49. The highest BCUT2D eigenvalue weighted by Crippen LogP contribution is 2.31. The van der Waals surface area contributed by atoms with Crippen molar-refractivity contribution in [3.63, 3.8) is 0 Å². The third-order valence-corrected chi connectivity index (χ3v) is 7.80. The Bertz CT molecular complexity index is 1430. The number of amides is 2. The number of nitrogens with zero attached hydrogens (tertiary/aromatic N) is 4. The fourth-order valence-corrected chi connectivity index (χ4v) is 5.60. The minimum atomic E-state index is -0.690. The Kier molecular flexibility index (Phi) is 8.80. The molecule has 0 fully saturated rings. The van der Waals surface area contributed by atoms with E-state index in [1.165, 1.54) is 18.8 Å². The molecule has 11 heteroatoms. The first-order chi connectivity index (χ1) is 17.7. The van der Waals surface area contributed by atoms with Gasteiger partial charge in [-0.2, -0.15) is 0 Å². The molecule has 0 atom stereocenters. The summed E-state index contributed by atoms with van der Waals surface area (Å²) in [6.45, 7) is 10.9. The number of carbonyl (C=O) groups excluding carboxylic acids is 2. The van der Waals surface area contributed by atoms with Crippen LogP contribution in [-0.2, 0) is 11.3 Å². The Morgan fingerprint density at radius 1 is 0.946 bits per heavy atom. The smallest absolute Gasteiger partial charge is 0.337 e. The van der Waals surface area contributed by atoms with Gasteiger partial charge in [-0.3, -0.25) is 19.0 Å². The van der Waals surface area contributed by atoms with Crippen LogP contribution in [-0.4, -0.2) is 71.1 Å². The summed E-state index contributed by atoms with van der Waals surface area (Å²) in [5, 5.41) is 0.227. The number of benzene rings is 1. The molecule has 10 nitrogen and oxygen atoms in total. The summed E-state index contributed by atoms with van der Waals surface area (Å²) >= 11 is 1.07. The van der Waals surface area contributed by atoms with E-state index in [0.29, 0.717) is 47.2 Å². The van der Waals surface area contributed by atoms with Crippen molar-refractivity contribution in [1.82, 2.24) is 18.9 Å². The molecular formula is C26H34N4O6S. The summed E-state index contributed by atoms with van der Waals surface area (Å²) in [6.07, 6.45) is 0. The van der Waals surface area contributed by atoms with Crippen molar-refractivity contribution in [2.24, 2.45) is 0 Å². The van der Waals surface area contributed by atoms with Gasteiger partial charge in [0.15, 0.2) is 0 Å². The maximum absolute atomic E-state index is 13.9. The van der Waals surface area contributed by atoms with E-state index in [9.17, 15) is 19.2 Å². The number of aryl methyl sites for hydroxylation is 1. The van der Waals surface area contributed by atoms with E-state index in [1.807, 2.05) is 27.7 Å². The van der Waals surface area contributed by atoms with Crippen molar-refractivity contribution < 1.29 is 19.1 Å². The zero-order valence-electron chi connectivity index (χ0n) is 22.4. The first-order valence-electron chi connectivity index (χ1n) is 12.3. The summed E-state index contributed by atoms with van der Waals surface area (Å²) in [5.74, 6) is 0.270. The van der Waals surface area contributed by atoms with Gasteiger partial charge < -0.3 is 19.3 Å². The van der Waals surface area contributed by atoms with E-state index in [0.717, 1.165) is 15.9 Å². The fraction of sp³-hybridized carbons (Fsp3) is 0.462. The lowest BCUT2D eigenvalue weighted by atomic mass is 10.2. The molecule has 1 aromatic carbocycles. The van der Waals surface area contributed by atoms with Gasteiger partial charge in [-0.05, 0) is 52.3 Å². The second kappa shape index (κ2) is 11.6. The predicted molar refractivity (Wildman–Crippen MR) is 145 cm³/mol. The third kappa shape index (κ3) is 5.00.